The first kappa shape index (κ1) is 24.1. The summed E-state index contributed by atoms with van der Waals surface area (Å²) in [6, 6.07) is 11.3. The van der Waals surface area contributed by atoms with E-state index in [1.807, 2.05) is 6.07 Å². The highest BCUT2D eigenvalue weighted by molar-refractivity contribution is 7.89. The van der Waals surface area contributed by atoms with E-state index in [-0.39, 0.29) is 46.9 Å². The Morgan fingerprint density at radius 2 is 1.97 bits per heavy atom. The van der Waals surface area contributed by atoms with E-state index >= 15 is 0 Å². The molecule has 4 rings (SSSR count). The molecule has 34 heavy (non-hydrogen) atoms. The van der Waals surface area contributed by atoms with Gasteiger partial charge in [-0.05, 0) is 48.7 Å². The molecule has 2 aliphatic rings. The fourth-order valence-electron chi connectivity index (χ4n) is 4.06. The number of benzene rings is 2. The zero-order chi connectivity index (χ0) is 24.5. The van der Waals surface area contributed by atoms with Crippen molar-refractivity contribution in [2.24, 2.45) is 5.92 Å². The summed E-state index contributed by atoms with van der Waals surface area (Å²) in [5, 5.41) is 11.6. The molecule has 0 bridgehead atoms. The summed E-state index contributed by atoms with van der Waals surface area (Å²) in [5.74, 6) is -1.71. The van der Waals surface area contributed by atoms with Crippen LogP contribution < -0.4 is 5.32 Å². The lowest BCUT2D eigenvalue weighted by Gasteiger charge is -2.34. The number of rotatable bonds is 6. The van der Waals surface area contributed by atoms with Gasteiger partial charge in [0.25, 0.3) is 5.91 Å². The molecule has 1 N–H and O–H groups in total. The maximum atomic E-state index is 13.6. The van der Waals surface area contributed by atoms with E-state index in [9.17, 15) is 22.4 Å². The van der Waals surface area contributed by atoms with Crippen LogP contribution in [0.3, 0.4) is 0 Å². The molecule has 0 radical (unpaired) electrons. The molecule has 0 aliphatic carbocycles. The topological polar surface area (TPSA) is 111 Å². The minimum Gasteiger partial charge on any atom is -0.350 e. The Labute approximate surface area is 202 Å². The van der Waals surface area contributed by atoms with Crippen molar-refractivity contribution in [2.75, 3.05) is 19.6 Å². The van der Waals surface area contributed by atoms with Crippen LogP contribution in [0.4, 0.5) is 4.39 Å². The number of likely N-dealkylation sites (tertiary alicyclic amines) is 1. The summed E-state index contributed by atoms with van der Waals surface area (Å²) < 4.78 is 40.4. The molecule has 2 aliphatic heterocycles. The lowest BCUT2D eigenvalue weighted by molar-refractivity contribution is -0.125. The van der Waals surface area contributed by atoms with Crippen LogP contribution in [-0.4, -0.2) is 55.1 Å². The molecule has 2 aromatic carbocycles. The summed E-state index contributed by atoms with van der Waals surface area (Å²) in [6.45, 7) is 0.698. The second kappa shape index (κ2) is 9.70. The third-order valence-electron chi connectivity index (χ3n) is 6.02. The van der Waals surface area contributed by atoms with Crippen molar-refractivity contribution < 1.29 is 22.4 Å². The number of halogens is 2. The van der Waals surface area contributed by atoms with Gasteiger partial charge >= 0.3 is 0 Å². The minimum absolute atomic E-state index is 0.00845. The normalized spacial score (nSPS) is 18.9. The Hall–Kier alpha value is -3.00. The number of nitrogens with zero attached hydrogens (tertiary/aromatic N) is 3. The van der Waals surface area contributed by atoms with Gasteiger partial charge in [-0.15, -0.1) is 0 Å². The lowest BCUT2D eigenvalue weighted by atomic mass is 10.1. The van der Waals surface area contributed by atoms with Crippen LogP contribution in [0, 0.1) is 23.1 Å². The fraction of sp³-hybridized carbons (Fsp3) is 0.348. The molecule has 2 amide bonds. The molecule has 178 valence electrons. The number of carbonyl (C=O) groups is 2. The van der Waals surface area contributed by atoms with Crippen LogP contribution in [0.5, 0.6) is 0 Å². The molecule has 11 heteroatoms. The van der Waals surface area contributed by atoms with Crippen molar-refractivity contribution >= 4 is 33.4 Å². The summed E-state index contributed by atoms with van der Waals surface area (Å²) >= 11 is 5.68. The van der Waals surface area contributed by atoms with E-state index in [0.717, 1.165) is 0 Å². The number of hydrogen-bond acceptors (Lipinski definition) is 5. The van der Waals surface area contributed by atoms with Gasteiger partial charge in [0.05, 0.1) is 21.9 Å². The molecule has 2 saturated heterocycles. The molecular weight excluding hydrogens is 483 g/mol. The van der Waals surface area contributed by atoms with Crippen LogP contribution in [0.15, 0.2) is 47.4 Å². The molecule has 0 unspecified atom stereocenters. The summed E-state index contributed by atoms with van der Waals surface area (Å²) in [6.07, 6.45) is 1.09. The zero-order valence-corrected chi connectivity index (χ0v) is 19.7. The second-order valence-corrected chi connectivity index (χ2v) is 10.6. The fourth-order valence-corrected chi connectivity index (χ4v) is 5.75. The Bertz CT molecular complexity index is 1270. The average molecular weight is 505 g/mol. The predicted octanol–water partition coefficient (Wildman–Crippen LogP) is 2.54. The molecular formula is C23H22ClFN4O4S. The van der Waals surface area contributed by atoms with Crippen molar-refractivity contribution in [1.82, 2.24) is 14.5 Å². The standard InChI is InChI=1S/C23H22ClFN4O4S/c24-19-7-6-15(9-20(19)25)12-27-22(30)21-5-2-8-29(21)23(31)17-3-1-4-18(10-17)34(32,33)28-13-16(11-26)14-28/h1,3-4,6-7,9-10,16,21H,2,5,8,12-14H2,(H,27,30)/t21-/m1/s1. The second-order valence-electron chi connectivity index (χ2n) is 8.30. The number of sulfonamides is 1. The monoisotopic (exact) mass is 504 g/mol. The molecule has 1 atom stereocenters. The molecule has 2 heterocycles. The van der Waals surface area contributed by atoms with Crippen molar-refractivity contribution in [3.63, 3.8) is 0 Å². The highest BCUT2D eigenvalue weighted by Gasteiger charge is 2.38. The van der Waals surface area contributed by atoms with E-state index in [1.54, 1.807) is 6.07 Å². The number of amides is 2. The van der Waals surface area contributed by atoms with Gasteiger partial charge in [-0.1, -0.05) is 23.7 Å². The van der Waals surface area contributed by atoms with E-state index in [0.29, 0.717) is 24.9 Å². The van der Waals surface area contributed by atoms with E-state index in [2.05, 4.69) is 5.32 Å². The number of carbonyl (C=O) groups excluding carboxylic acids is 2. The Balaban J connectivity index is 1.45. The van der Waals surface area contributed by atoms with Gasteiger partial charge in [-0.3, -0.25) is 9.59 Å². The Kier molecular flexibility index (Phi) is 6.89. The third-order valence-corrected chi connectivity index (χ3v) is 8.15. The largest absolute Gasteiger partial charge is 0.350 e. The number of nitrogens with one attached hydrogen (secondary N) is 1. The van der Waals surface area contributed by atoms with Crippen molar-refractivity contribution in [2.45, 2.75) is 30.3 Å². The van der Waals surface area contributed by atoms with Crippen LogP contribution >= 0.6 is 11.6 Å². The summed E-state index contributed by atoms with van der Waals surface area (Å²) in [7, 11) is -3.81. The van der Waals surface area contributed by atoms with Crippen molar-refractivity contribution in [3.8, 4) is 6.07 Å². The quantitative estimate of drug-likeness (QED) is 0.650. The van der Waals surface area contributed by atoms with Gasteiger partial charge in [-0.25, -0.2) is 12.8 Å². The number of nitriles is 1. The first-order valence-corrected chi connectivity index (χ1v) is 12.5. The van der Waals surface area contributed by atoms with E-state index < -0.39 is 27.8 Å². The summed E-state index contributed by atoms with van der Waals surface area (Å²) in [5.41, 5.74) is 0.701. The molecule has 2 aromatic rings. The molecule has 8 nitrogen and oxygen atoms in total. The maximum Gasteiger partial charge on any atom is 0.254 e. The first-order chi connectivity index (χ1) is 16.2. The van der Waals surface area contributed by atoms with Gasteiger partial charge in [-0.2, -0.15) is 9.57 Å². The average Bonchev–Trinajstić information content (AvgIpc) is 3.28. The number of hydrogen-bond donors (Lipinski definition) is 1. The Morgan fingerprint density at radius 1 is 1.21 bits per heavy atom. The molecule has 0 aromatic heterocycles. The van der Waals surface area contributed by atoms with Gasteiger partial charge in [0.15, 0.2) is 0 Å². The molecule has 0 spiro atoms. The van der Waals surface area contributed by atoms with Gasteiger partial charge in [0.1, 0.15) is 11.9 Å². The van der Waals surface area contributed by atoms with Crippen LogP contribution in [0.2, 0.25) is 5.02 Å². The van der Waals surface area contributed by atoms with Gasteiger partial charge in [0.2, 0.25) is 15.9 Å². The minimum atomic E-state index is -3.81. The van der Waals surface area contributed by atoms with Crippen molar-refractivity contribution in [3.05, 3.63) is 64.4 Å². The molecule has 2 fully saturated rings. The molecule has 0 saturated carbocycles. The zero-order valence-electron chi connectivity index (χ0n) is 18.1. The first-order valence-electron chi connectivity index (χ1n) is 10.7. The predicted molar refractivity (Wildman–Crippen MR) is 122 cm³/mol. The van der Waals surface area contributed by atoms with E-state index in [1.165, 1.54) is 45.6 Å². The van der Waals surface area contributed by atoms with Gasteiger partial charge in [0, 0.05) is 31.7 Å². The Morgan fingerprint density at radius 3 is 2.68 bits per heavy atom. The van der Waals surface area contributed by atoms with Crippen molar-refractivity contribution in [1.29, 1.82) is 5.26 Å². The SMILES string of the molecule is N#CC1CN(S(=O)(=O)c2cccc(C(=O)N3CCC[C@@H]3C(=O)NCc3ccc(Cl)c(F)c3)c2)C1. The highest BCUT2D eigenvalue weighted by atomic mass is 35.5. The summed E-state index contributed by atoms with van der Waals surface area (Å²) in [4.78, 5) is 27.4. The van der Waals surface area contributed by atoms with Crippen LogP contribution in [0.1, 0.15) is 28.8 Å². The third kappa shape index (κ3) is 4.78. The van der Waals surface area contributed by atoms with Crippen LogP contribution in [-0.2, 0) is 21.4 Å². The smallest absolute Gasteiger partial charge is 0.254 e. The lowest BCUT2D eigenvalue weighted by Crippen LogP contribution is -2.49. The highest BCUT2D eigenvalue weighted by Crippen LogP contribution is 2.27. The van der Waals surface area contributed by atoms with Crippen LogP contribution in [0.25, 0.3) is 0 Å². The maximum absolute atomic E-state index is 13.6. The van der Waals surface area contributed by atoms with Gasteiger partial charge < -0.3 is 10.2 Å². The van der Waals surface area contributed by atoms with E-state index in [4.69, 9.17) is 16.9 Å².